The molecule has 30 heavy (non-hydrogen) atoms. The van der Waals surface area contributed by atoms with Gasteiger partial charge in [-0.05, 0) is 50.7 Å². The van der Waals surface area contributed by atoms with Crippen LogP contribution < -0.4 is 5.32 Å². The first-order chi connectivity index (χ1) is 14.3. The van der Waals surface area contributed by atoms with Gasteiger partial charge in [-0.1, -0.05) is 6.92 Å². The molecule has 1 fully saturated rings. The number of hydrogen-bond donors (Lipinski definition) is 1. The first-order valence-corrected chi connectivity index (χ1v) is 10.4. The molecule has 6 nitrogen and oxygen atoms in total. The highest BCUT2D eigenvalue weighted by Gasteiger charge is 2.46. The number of aryl methyl sites for hydroxylation is 1. The molecule has 0 radical (unpaired) electrons. The molecule has 1 unspecified atom stereocenters. The number of piperidine rings is 1. The summed E-state index contributed by atoms with van der Waals surface area (Å²) in [4.78, 5) is 19.0. The second-order valence-corrected chi connectivity index (χ2v) is 8.14. The molecule has 162 valence electrons. The second kappa shape index (κ2) is 7.92. The molecule has 0 aliphatic carbocycles. The monoisotopic (exact) mass is 421 g/mol. The van der Waals surface area contributed by atoms with Crippen molar-refractivity contribution in [3.8, 4) is 0 Å². The summed E-state index contributed by atoms with van der Waals surface area (Å²) < 4.78 is 42.1. The van der Waals surface area contributed by atoms with Crippen LogP contribution in [0.15, 0.2) is 24.5 Å². The molecule has 0 saturated carbocycles. The molecule has 0 bridgehead atoms. The van der Waals surface area contributed by atoms with E-state index in [2.05, 4.69) is 15.4 Å². The van der Waals surface area contributed by atoms with E-state index in [1.165, 1.54) is 0 Å². The summed E-state index contributed by atoms with van der Waals surface area (Å²) >= 11 is 0. The van der Waals surface area contributed by atoms with E-state index in [-0.39, 0.29) is 24.4 Å². The molecule has 2 aromatic rings. The number of pyridine rings is 1. The number of carbonyl (C=O) groups excluding carboxylic acids is 1. The second-order valence-electron chi connectivity index (χ2n) is 8.14. The Kier molecular flexibility index (Phi) is 5.46. The van der Waals surface area contributed by atoms with E-state index >= 15 is 0 Å². The highest BCUT2D eigenvalue weighted by atomic mass is 19.4. The summed E-state index contributed by atoms with van der Waals surface area (Å²) in [6.45, 7) is 4.26. The molecule has 9 heteroatoms. The number of anilines is 1. The van der Waals surface area contributed by atoms with Gasteiger partial charge < -0.3 is 10.2 Å². The van der Waals surface area contributed by atoms with Gasteiger partial charge in [0.25, 0.3) is 5.91 Å². The zero-order chi connectivity index (χ0) is 21.5. The van der Waals surface area contributed by atoms with Gasteiger partial charge in [-0.2, -0.15) is 18.3 Å². The van der Waals surface area contributed by atoms with Crippen LogP contribution in [0.2, 0.25) is 0 Å². The van der Waals surface area contributed by atoms with E-state index in [0.717, 1.165) is 23.1 Å². The van der Waals surface area contributed by atoms with Gasteiger partial charge in [0.2, 0.25) is 0 Å². The van der Waals surface area contributed by atoms with E-state index in [0.29, 0.717) is 36.5 Å². The molecule has 1 saturated heterocycles. The smallest absolute Gasteiger partial charge is 0.367 e. The number of nitrogens with zero attached hydrogens (tertiary/aromatic N) is 4. The molecule has 2 aliphatic rings. The predicted octanol–water partition coefficient (Wildman–Crippen LogP) is 4.65. The first-order valence-electron chi connectivity index (χ1n) is 10.4. The zero-order valence-corrected chi connectivity index (χ0v) is 17.1. The summed E-state index contributed by atoms with van der Waals surface area (Å²) in [5, 5.41) is 7.55. The lowest BCUT2D eigenvalue weighted by atomic mass is 9.97. The minimum atomic E-state index is -4.37. The van der Waals surface area contributed by atoms with E-state index in [1.54, 1.807) is 29.4 Å². The number of halogens is 3. The Morgan fingerprint density at radius 1 is 1.33 bits per heavy atom. The van der Waals surface area contributed by atoms with Crippen LogP contribution in [0.1, 0.15) is 72.7 Å². The number of fused-ring (bicyclic) bond motifs is 1. The Morgan fingerprint density at radius 3 is 2.83 bits per heavy atom. The average Bonchev–Trinajstić information content (AvgIpc) is 3.16. The summed E-state index contributed by atoms with van der Waals surface area (Å²) in [5.41, 5.74) is 1.86. The Labute approximate surface area is 173 Å². The summed E-state index contributed by atoms with van der Waals surface area (Å²) in [6, 6.07) is 1.14. The van der Waals surface area contributed by atoms with Crippen LogP contribution in [-0.4, -0.2) is 44.3 Å². The molecule has 0 aromatic carbocycles. The molecule has 4 heterocycles. The van der Waals surface area contributed by atoms with Crippen LogP contribution in [-0.2, 0) is 0 Å². The molecule has 1 N–H and O–H groups in total. The van der Waals surface area contributed by atoms with Gasteiger partial charge in [-0.3, -0.25) is 9.78 Å². The Morgan fingerprint density at radius 2 is 2.13 bits per heavy atom. The number of nitrogens with one attached hydrogen (secondary N) is 1. The largest absolute Gasteiger partial charge is 0.410 e. The molecular formula is C21H26F3N5O. The average molecular weight is 421 g/mol. The highest BCUT2D eigenvalue weighted by molar-refractivity contribution is 5.95. The van der Waals surface area contributed by atoms with E-state index in [1.807, 2.05) is 13.8 Å². The van der Waals surface area contributed by atoms with E-state index < -0.39 is 12.2 Å². The maximum Gasteiger partial charge on any atom is 0.410 e. The molecule has 0 spiro atoms. The van der Waals surface area contributed by atoms with Gasteiger partial charge in [0, 0.05) is 36.6 Å². The summed E-state index contributed by atoms with van der Waals surface area (Å²) in [7, 11) is 0. The van der Waals surface area contributed by atoms with Gasteiger partial charge in [0.05, 0.1) is 11.7 Å². The topological polar surface area (TPSA) is 63.1 Å². The van der Waals surface area contributed by atoms with Crippen molar-refractivity contribution in [2.24, 2.45) is 0 Å². The third kappa shape index (κ3) is 3.77. The number of alkyl halides is 3. The van der Waals surface area contributed by atoms with Crippen molar-refractivity contribution in [1.82, 2.24) is 19.7 Å². The Balaban J connectivity index is 1.68. The van der Waals surface area contributed by atoms with Gasteiger partial charge in [-0.15, -0.1) is 0 Å². The van der Waals surface area contributed by atoms with Crippen LogP contribution in [0.4, 0.5) is 19.0 Å². The fraction of sp³-hybridized carbons (Fsp3) is 0.571. The van der Waals surface area contributed by atoms with Crippen LogP contribution >= 0.6 is 0 Å². The van der Waals surface area contributed by atoms with Crippen molar-refractivity contribution in [2.45, 2.75) is 70.3 Å². The van der Waals surface area contributed by atoms with Crippen molar-refractivity contribution in [1.29, 1.82) is 0 Å². The van der Waals surface area contributed by atoms with Crippen LogP contribution in [0.3, 0.4) is 0 Å². The molecule has 2 aliphatic heterocycles. The number of carbonyl (C=O) groups is 1. The van der Waals surface area contributed by atoms with Crippen LogP contribution in [0.5, 0.6) is 0 Å². The maximum absolute atomic E-state index is 13.7. The minimum Gasteiger partial charge on any atom is -0.367 e. The summed E-state index contributed by atoms with van der Waals surface area (Å²) in [5.74, 6) is 0.251. The molecule has 4 rings (SSSR count). The van der Waals surface area contributed by atoms with Crippen molar-refractivity contribution >= 4 is 11.7 Å². The van der Waals surface area contributed by atoms with Crippen molar-refractivity contribution in [2.75, 3.05) is 11.9 Å². The Bertz CT molecular complexity index is 926. The van der Waals surface area contributed by atoms with E-state index in [4.69, 9.17) is 0 Å². The third-order valence-electron chi connectivity index (χ3n) is 6.14. The fourth-order valence-corrected chi connectivity index (χ4v) is 4.45. The lowest BCUT2D eigenvalue weighted by Crippen LogP contribution is -2.40. The normalized spacial score (nSPS) is 24.3. The lowest BCUT2D eigenvalue weighted by molar-refractivity contribution is -0.173. The van der Waals surface area contributed by atoms with Crippen LogP contribution in [0, 0.1) is 6.92 Å². The van der Waals surface area contributed by atoms with E-state index in [9.17, 15) is 18.0 Å². The van der Waals surface area contributed by atoms with Crippen molar-refractivity contribution in [3.05, 3.63) is 41.3 Å². The molecular weight excluding hydrogens is 395 g/mol. The molecule has 1 amide bonds. The first kappa shape index (κ1) is 20.7. The Hall–Kier alpha value is -2.58. The van der Waals surface area contributed by atoms with Gasteiger partial charge in [0.15, 0.2) is 6.04 Å². The summed E-state index contributed by atoms with van der Waals surface area (Å²) in [6.07, 6.45) is 1.85. The molecule has 3 atom stereocenters. The van der Waals surface area contributed by atoms with Gasteiger partial charge in [0.1, 0.15) is 5.82 Å². The predicted molar refractivity (Wildman–Crippen MR) is 106 cm³/mol. The maximum atomic E-state index is 13.7. The SMILES string of the molecule is CC[C@@H]1C[C@H](C(F)(F)F)n2nc(C3CCCCN3C(=O)c3ccncc3C)cc2N1. The third-order valence-corrected chi connectivity index (χ3v) is 6.14. The number of rotatable bonds is 3. The quantitative estimate of drug-likeness (QED) is 0.784. The standard InChI is InChI=1S/C21H26F3N5O/c1-3-14-10-18(21(22,23)24)29-19(26-14)11-16(27-29)17-6-4-5-9-28(17)20(30)15-7-8-25-12-13(15)2/h7-8,11-12,14,17-18,26H,3-6,9-10H2,1-2H3/t14-,17?,18-/m1/s1. The van der Waals surface area contributed by atoms with Crippen molar-refractivity contribution in [3.63, 3.8) is 0 Å². The zero-order valence-electron chi connectivity index (χ0n) is 17.1. The number of hydrogen-bond acceptors (Lipinski definition) is 4. The molecule has 2 aromatic heterocycles. The number of likely N-dealkylation sites (tertiary alicyclic amines) is 1. The fourth-order valence-electron chi connectivity index (χ4n) is 4.45. The number of amides is 1. The van der Waals surface area contributed by atoms with Gasteiger partial charge >= 0.3 is 6.18 Å². The van der Waals surface area contributed by atoms with Gasteiger partial charge in [-0.25, -0.2) is 4.68 Å². The number of aromatic nitrogens is 3. The highest BCUT2D eigenvalue weighted by Crippen LogP contribution is 2.42. The minimum absolute atomic E-state index is 0.0440. The van der Waals surface area contributed by atoms with Crippen LogP contribution in [0.25, 0.3) is 0 Å². The lowest BCUT2D eigenvalue weighted by Gasteiger charge is -2.35. The van der Waals surface area contributed by atoms with Crippen molar-refractivity contribution < 1.29 is 18.0 Å².